The molecule has 0 spiro atoms. The van der Waals surface area contributed by atoms with E-state index in [1.165, 1.54) is 103 Å². The van der Waals surface area contributed by atoms with Gasteiger partial charge in [-0.15, -0.1) is 0 Å². The molecule has 0 aromatic carbocycles. The molecule has 0 saturated carbocycles. The monoisotopic (exact) mass is 364 g/mol. The maximum absolute atomic E-state index is 5.13. The quantitative estimate of drug-likeness (QED) is 0.253. The predicted molar refractivity (Wildman–Crippen MR) is 114 cm³/mol. The Kier molecular flexibility index (Phi) is 14.4. The molecule has 1 atom stereocenters. The summed E-state index contributed by atoms with van der Waals surface area (Å²) in [5.74, 6) is 1.97. The molecule has 3 heteroatoms. The lowest BCUT2D eigenvalue weighted by molar-refractivity contribution is 0.175. The summed E-state index contributed by atoms with van der Waals surface area (Å²) in [6, 6.07) is 0. The van der Waals surface area contributed by atoms with Crippen molar-refractivity contribution in [3.8, 4) is 0 Å². The lowest BCUT2D eigenvalue weighted by atomic mass is 9.96. The molecule has 0 amide bonds. The van der Waals surface area contributed by atoms with Crippen LogP contribution in [0.4, 0.5) is 0 Å². The van der Waals surface area contributed by atoms with E-state index in [-0.39, 0.29) is 0 Å². The molecule has 152 valence electrons. The highest BCUT2D eigenvalue weighted by atomic mass is 16.7. The van der Waals surface area contributed by atoms with Gasteiger partial charge in [-0.05, 0) is 19.4 Å². The van der Waals surface area contributed by atoms with E-state index in [1.807, 2.05) is 0 Å². The number of aliphatic imine (C=N–C) groups is 1. The molecular formula is C23H44N2O. The first-order valence-electron chi connectivity index (χ1n) is 11.5. The van der Waals surface area contributed by atoms with E-state index in [1.54, 1.807) is 0 Å². The number of rotatable bonds is 18. The first-order valence-corrected chi connectivity index (χ1v) is 11.5. The predicted octanol–water partition coefficient (Wildman–Crippen LogP) is 7.68. The normalized spacial score (nSPS) is 14.8. The molecular weight excluding hydrogens is 320 g/mol. The minimum absolute atomic E-state index is 0.495. The van der Waals surface area contributed by atoms with Crippen LogP contribution in [0.3, 0.4) is 0 Å². The summed E-state index contributed by atoms with van der Waals surface area (Å²) in [6.45, 7) is 8.24. The summed E-state index contributed by atoms with van der Waals surface area (Å²) in [4.78, 5) is 9.47. The van der Waals surface area contributed by atoms with Crippen molar-refractivity contribution in [2.24, 2.45) is 10.9 Å². The molecule has 0 radical (unpaired) electrons. The fourth-order valence-electron chi connectivity index (χ4n) is 3.76. The molecule has 1 unspecified atom stereocenters. The molecule has 1 aliphatic heterocycles. The average Bonchev–Trinajstić information content (AvgIpc) is 3.07. The summed E-state index contributed by atoms with van der Waals surface area (Å²) >= 11 is 0. The fraction of sp³-hybridized carbons (Fsp3) is 0.870. The van der Waals surface area contributed by atoms with Crippen molar-refractivity contribution in [2.45, 2.75) is 123 Å². The summed E-state index contributed by atoms with van der Waals surface area (Å²) < 4.78 is 0. The zero-order chi connectivity index (χ0) is 18.9. The van der Waals surface area contributed by atoms with Crippen molar-refractivity contribution in [2.75, 3.05) is 0 Å². The van der Waals surface area contributed by atoms with Gasteiger partial charge in [-0.3, -0.25) is 0 Å². The zero-order valence-corrected chi connectivity index (χ0v) is 17.7. The molecule has 1 N–H and O–H groups in total. The third-order valence-corrected chi connectivity index (χ3v) is 5.55. The van der Waals surface area contributed by atoms with E-state index in [4.69, 9.17) is 4.84 Å². The molecule has 0 saturated heterocycles. The number of hydrogen-bond acceptors (Lipinski definition) is 3. The van der Waals surface area contributed by atoms with Crippen LogP contribution in [0, 0.1) is 5.92 Å². The first-order chi connectivity index (χ1) is 12.8. The Morgan fingerprint density at radius 3 is 1.62 bits per heavy atom. The largest absolute Gasteiger partial charge is 0.361 e. The number of hydrogen-bond donors (Lipinski definition) is 1. The molecule has 1 rings (SSSR count). The van der Waals surface area contributed by atoms with Gasteiger partial charge in [-0.25, -0.2) is 5.48 Å². The molecule has 0 bridgehead atoms. The Labute approximate surface area is 163 Å². The number of amidine groups is 1. The minimum atomic E-state index is 0.495. The molecule has 0 aliphatic carbocycles. The van der Waals surface area contributed by atoms with Gasteiger partial charge in [0.2, 0.25) is 5.88 Å². The van der Waals surface area contributed by atoms with Crippen LogP contribution in [0.25, 0.3) is 0 Å². The van der Waals surface area contributed by atoms with Crippen LogP contribution in [0.1, 0.15) is 123 Å². The highest BCUT2D eigenvalue weighted by Crippen LogP contribution is 2.19. The molecule has 1 aliphatic rings. The number of hydroxylamine groups is 1. The van der Waals surface area contributed by atoms with Crippen molar-refractivity contribution in [1.82, 2.24) is 5.48 Å². The Morgan fingerprint density at radius 1 is 0.769 bits per heavy atom. The van der Waals surface area contributed by atoms with E-state index in [2.05, 4.69) is 30.9 Å². The van der Waals surface area contributed by atoms with Gasteiger partial charge in [0.25, 0.3) is 0 Å². The van der Waals surface area contributed by atoms with Crippen LogP contribution in [0.5, 0.6) is 0 Å². The van der Waals surface area contributed by atoms with Crippen molar-refractivity contribution in [1.29, 1.82) is 0 Å². The second kappa shape index (κ2) is 16.2. The van der Waals surface area contributed by atoms with Crippen molar-refractivity contribution < 1.29 is 4.84 Å². The number of nitrogens with one attached hydrogen (secondary N) is 1. The summed E-state index contributed by atoms with van der Waals surface area (Å²) in [5.41, 5.74) is 2.91. The van der Waals surface area contributed by atoms with Crippen LogP contribution < -0.4 is 5.48 Å². The molecule has 0 fully saturated rings. The number of nitrogens with zero attached hydrogens (tertiary/aromatic N) is 1. The van der Waals surface area contributed by atoms with Crippen LogP contribution >= 0.6 is 0 Å². The van der Waals surface area contributed by atoms with E-state index in [0.29, 0.717) is 11.8 Å². The highest BCUT2D eigenvalue weighted by Gasteiger charge is 2.19. The fourth-order valence-corrected chi connectivity index (χ4v) is 3.76. The van der Waals surface area contributed by atoms with Crippen molar-refractivity contribution >= 4 is 5.84 Å². The summed E-state index contributed by atoms with van der Waals surface area (Å²) in [7, 11) is 0. The second-order valence-corrected chi connectivity index (χ2v) is 7.94. The Bertz CT molecular complexity index is 378. The maximum atomic E-state index is 5.13. The third kappa shape index (κ3) is 11.6. The van der Waals surface area contributed by atoms with Crippen molar-refractivity contribution in [3.05, 3.63) is 12.5 Å². The molecule has 0 aromatic heterocycles. The van der Waals surface area contributed by atoms with Gasteiger partial charge in [0.15, 0.2) is 0 Å². The van der Waals surface area contributed by atoms with Gasteiger partial charge < -0.3 is 4.84 Å². The van der Waals surface area contributed by atoms with E-state index >= 15 is 0 Å². The Hall–Kier alpha value is -0.990. The van der Waals surface area contributed by atoms with Gasteiger partial charge in [0, 0.05) is 5.92 Å². The van der Waals surface area contributed by atoms with Gasteiger partial charge in [-0.2, -0.15) is 4.99 Å². The smallest absolute Gasteiger partial charge is 0.240 e. The van der Waals surface area contributed by atoms with Gasteiger partial charge in [0.05, 0.1) is 0 Å². The summed E-state index contributed by atoms with van der Waals surface area (Å²) in [5, 5.41) is 0. The molecule has 1 heterocycles. The van der Waals surface area contributed by atoms with Crippen LogP contribution in [-0.2, 0) is 4.84 Å². The minimum Gasteiger partial charge on any atom is -0.361 e. The summed E-state index contributed by atoms with van der Waals surface area (Å²) in [6.07, 6.45) is 23.6. The lowest BCUT2D eigenvalue weighted by Gasteiger charge is -2.13. The topological polar surface area (TPSA) is 33.6 Å². The SMILES string of the molecule is C=C1N=C(C(CC)CCCCCCCCCCCCCCCCC)NO1. The van der Waals surface area contributed by atoms with Gasteiger partial charge in [-0.1, -0.05) is 110 Å². The number of unbranched alkanes of at least 4 members (excludes halogenated alkanes) is 14. The first kappa shape index (κ1) is 23.0. The zero-order valence-electron chi connectivity index (χ0n) is 17.7. The Balaban J connectivity index is 1.82. The average molecular weight is 365 g/mol. The van der Waals surface area contributed by atoms with Crippen LogP contribution in [0.2, 0.25) is 0 Å². The van der Waals surface area contributed by atoms with Crippen molar-refractivity contribution in [3.63, 3.8) is 0 Å². The molecule has 26 heavy (non-hydrogen) atoms. The lowest BCUT2D eigenvalue weighted by Crippen LogP contribution is -2.25. The van der Waals surface area contributed by atoms with E-state index < -0.39 is 0 Å². The molecule has 0 aromatic rings. The Morgan fingerprint density at radius 2 is 1.23 bits per heavy atom. The molecule has 3 nitrogen and oxygen atoms in total. The van der Waals surface area contributed by atoms with E-state index in [9.17, 15) is 0 Å². The highest BCUT2D eigenvalue weighted by molar-refractivity contribution is 5.85. The van der Waals surface area contributed by atoms with Gasteiger partial charge >= 0.3 is 0 Å². The third-order valence-electron chi connectivity index (χ3n) is 5.55. The van der Waals surface area contributed by atoms with Crippen LogP contribution in [0.15, 0.2) is 17.5 Å². The standard InChI is InChI=1S/C23H44N2O/c1-4-6-7-8-9-10-11-12-13-14-15-16-17-18-19-20-22(5-2)23-24-21(3)26-25-23/h22H,3-20H2,1-2H3,(H,24,25). The van der Waals surface area contributed by atoms with E-state index in [0.717, 1.165) is 12.3 Å². The maximum Gasteiger partial charge on any atom is 0.240 e. The second-order valence-electron chi connectivity index (χ2n) is 7.94. The van der Waals surface area contributed by atoms with Crippen LogP contribution in [-0.4, -0.2) is 5.84 Å². The van der Waals surface area contributed by atoms with Gasteiger partial charge in [0.1, 0.15) is 5.84 Å².